The van der Waals surface area contributed by atoms with Gasteiger partial charge in [0.2, 0.25) is 0 Å². The largest absolute Gasteiger partial charge is 0.284 e. The van der Waals surface area contributed by atoms with Crippen LogP contribution in [0.2, 0.25) is 0 Å². The maximum atomic E-state index is 11.9. The summed E-state index contributed by atoms with van der Waals surface area (Å²) < 4.78 is 1.00. The third-order valence-corrected chi connectivity index (χ3v) is 4.10. The van der Waals surface area contributed by atoms with Crippen LogP contribution in [0.5, 0.6) is 0 Å². The Morgan fingerprint density at radius 2 is 1.81 bits per heavy atom. The van der Waals surface area contributed by atoms with Crippen LogP contribution in [0, 0.1) is 0 Å². The molecule has 0 atom stereocenters. The van der Waals surface area contributed by atoms with Gasteiger partial charge in [-0.3, -0.25) is 14.8 Å². The molecule has 5 heteroatoms. The average molecular weight is 346 g/mol. The molecule has 1 heterocycles. The van der Waals surface area contributed by atoms with Crippen LogP contribution in [0.25, 0.3) is 0 Å². The van der Waals surface area contributed by atoms with Crippen LogP contribution in [-0.2, 0) is 17.6 Å². The minimum atomic E-state index is -0.654. The molecule has 0 saturated carbocycles. The van der Waals surface area contributed by atoms with Crippen LogP contribution in [0.15, 0.2) is 46.9 Å². The molecule has 3 rings (SSSR count). The monoisotopic (exact) mass is 345 g/mol. The lowest BCUT2D eigenvalue weighted by Gasteiger charge is -2.23. The molecule has 0 aliphatic carbocycles. The second kappa shape index (κ2) is 5.42. The fourth-order valence-corrected chi connectivity index (χ4v) is 2.75. The van der Waals surface area contributed by atoms with Crippen molar-refractivity contribution in [3.05, 3.63) is 69.2 Å². The van der Waals surface area contributed by atoms with Gasteiger partial charge in [0.05, 0.1) is 6.42 Å². The lowest BCUT2D eigenvalue weighted by Crippen LogP contribution is -2.40. The number of hydroxylamine groups is 2. The SMILES string of the molecule is O=C1Cc2c(Cc3ccc(Br)cc3)cccc2C(=O)N1O. The molecule has 2 amide bonds. The third-order valence-electron chi connectivity index (χ3n) is 3.57. The molecule has 1 N–H and O–H groups in total. The lowest BCUT2D eigenvalue weighted by atomic mass is 9.91. The van der Waals surface area contributed by atoms with Gasteiger partial charge in [0.15, 0.2) is 0 Å². The molecule has 0 bridgehead atoms. The van der Waals surface area contributed by atoms with Crippen molar-refractivity contribution in [2.24, 2.45) is 0 Å². The first kappa shape index (κ1) is 14.0. The number of imide groups is 1. The van der Waals surface area contributed by atoms with Gasteiger partial charge >= 0.3 is 0 Å². The number of carbonyl (C=O) groups is 2. The molecular weight excluding hydrogens is 334 g/mol. The Balaban J connectivity index is 1.99. The van der Waals surface area contributed by atoms with Gasteiger partial charge in [-0.2, -0.15) is 5.06 Å². The number of halogens is 1. The molecule has 1 aliphatic rings. The molecule has 0 spiro atoms. The molecule has 21 heavy (non-hydrogen) atoms. The lowest BCUT2D eigenvalue weighted by molar-refractivity contribution is -0.154. The van der Waals surface area contributed by atoms with Crippen molar-refractivity contribution in [2.45, 2.75) is 12.8 Å². The summed E-state index contributed by atoms with van der Waals surface area (Å²) in [7, 11) is 0. The minimum absolute atomic E-state index is 0.0459. The number of fused-ring (bicyclic) bond motifs is 1. The molecule has 1 aliphatic heterocycles. The Morgan fingerprint density at radius 3 is 2.52 bits per heavy atom. The topological polar surface area (TPSA) is 57.6 Å². The maximum absolute atomic E-state index is 11.9. The van der Waals surface area contributed by atoms with Gasteiger partial charge in [-0.1, -0.05) is 40.2 Å². The highest BCUT2D eigenvalue weighted by Crippen LogP contribution is 2.25. The second-order valence-electron chi connectivity index (χ2n) is 4.93. The van der Waals surface area contributed by atoms with E-state index in [0.717, 1.165) is 15.6 Å². The molecule has 0 radical (unpaired) electrons. The molecular formula is C16H12BrNO3. The van der Waals surface area contributed by atoms with E-state index in [0.29, 0.717) is 17.5 Å². The van der Waals surface area contributed by atoms with E-state index in [1.54, 1.807) is 12.1 Å². The van der Waals surface area contributed by atoms with Crippen LogP contribution in [-0.4, -0.2) is 22.1 Å². The molecule has 2 aromatic rings. The Bertz CT molecular complexity index is 725. The van der Waals surface area contributed by atoms with E-state index in [-0.39, 0.29) is 11.5 Å². The van der Waals surface area contributed by atoms with Gasteiger partial charge in [0.1, 0.15) is 0 Å². The van der Waals surface area contributed by atoms with E-state index in [1.807, 2.05) is 30.3 Å². The van der Waals surface area contributed by atoms with Crippen molar-refractivity contribution >= 4 is 27.7 Å². The molecule has 0 aromatic heterocycles. The highest BCUT2D eigenvalue weighted by Gasteiger charge is 2.31. The van der Waals surface area contributed by atoms with E-state index in [4.69, 9.17) is 0 Å². The predicted octanol–water partition coefficient (Wildman–Crippen LogP) is 2.95. The number of rotatable bonds is 2. The first-order valence-electron chi connectivity index (χ1n) is 6.47. The normalized spacial score (nSPS) is 14.3. The van der Waals surface area contributed by atoms with E-state index in [9.17, 15) is 14.8 Å². The van der Waals surface area contributed by atoms with Crippen LogP contribution >= 0.6 is 15.9 Å². The zero-order valence-corrected chi connectivity index (χ0v) is 12.6. The van der Waals surface area contributed by atoms with E-state index in [2.05, 4.69) is 15.9 Å². The summed E-state index contributed by atoms with van der Waals surface area (Å²) in [5.41, 5.74) is 3.13. The summed E-state index contributed by atoms with van der Waals surface area (Å²) in [5, 5.41) is 9.63. The molecule has 0 saturated heterocycles. The van der Waals surface area contributed by atoms with Gasteiger partial charge < -0.3 is 0 Å². The Hall–Kier alpha value is -1.98. The molecule has 2 aromatic carbocycles. The molecule has 106 valence electrons. The quantitative estimate of drug-likeness (QED) is 0.672. The van der Waals surface area contributed by atoms with Crippen molar-refractivity contribution in [1.82, 2.24) is 5.06 Å². The van der Waals surface area contributed by atoms with Gasteiger partial charge in [-0.15, -0.1) is 0 Å². The number of amides is 2. The smallest absolute Gasteiger partial charge is 0.278 e. The maximum Gasteiger partial charge on any atom is 0.284 e. The summed E-state index contributed by atoms with van der Waals surface area (Å²) in [6.07, 6.45) is 0.687. The number of hydrogen-bond donors (Lipinski definition) is 1. The average Bonchev–Trinajstić information content (AvgIpc) is 2.48. The summed E-state index contributed by atoms with van der Waals surface area (Å²) >= 11 is 3.39. The number of hydrogen-bond acceptors (Lipinski definition) is 3. The van der Waals surface area contributed by atoms with Crippen LogP contribution < -0.4 is 0 Å². The number of nitrogens with zero attached hydrogens (tertiary/aromatic N) is 1. The summed E-state index contributed by atoms with van der Waals surface area (Å²) in [4.78, 5) is 23.6. The van der Waals surface area contributed by atoms with Gasteiger partial charge in [-0.05, 0) is 41.3 Å². The fraction of sp³-hybridized carbons (Fsp3) is 0.125. The van der Waals surface area contributed by atoms with E-state index in [1.165, 1.54) is 0 Å². The Kier molecular flexibility index (Phi) is 3.61. The summed E-state index contributed by atoms with van der Waals surface area (Å²) in [6, 6.07) is 13.2. The Labute approximate surface area is 130 Å². The second-order valence-corrected chi connectivity index (χ2v) is 5.85. The van der Waals surface area contributed by atoms with Gasteiger partial charge in [0.25, 0.3) is 11.8 Å². The highest BCUT2D eigenvalue weighted by atomic mass is 79.9. The standard InChI is InChI=1S/C16H12BrNO3/c17-12-6-4-10(5-7-12)8-11-2-1-3-13-14(11)9-15(19)18(21)16(13)20/h1-7,21H,8-9H2. The first-order valence-corrected chi connectivity index (χ1v) is 7.27. The minimum Gasteiger partial charge on any atom is -0.278 e. The molecule has 4 nitrogen and oxygen atoms in total. The predicted molar refractivity (Wildman–Crippen MR) is 80.1 cm³/mol. The van der Waals surface area contributed by atoms with Gasteiger partial charge in [-0.25, -0.2) is 0 Å². The zero-order valence-electron chi connectivity index (χ0n) is 11.0. The van der Waals surface area contributed by atoms with Crippen LogP contribution in [0.1, 0.15) is 27.0 Å². The molecule has 0 unspecified atom stereocenters. The van der Waals surface area contributed by atoms with Gasteiger partial charge in [0, 0.05) is 10.0 Å². The zero-order chi connectivity index (χ0) is 15.0. The van der Waals surface area contributed by atoms with Crippen molar-refractivity contribution < 1.29 is 14.8 Å². The Morgan fingerprint density at radius 1 is 1.10 bits per heavy atom. The van der Waals surface area contributed by atoms with Crippen molar-refractivity contribution in [3.8, 4) is 0 Å². The summed E-state index contributed by atoms with van der Waals surface area (Å²) in [6.45, 7) is 0. The van der Waals surface area contributed by atoms with E-state index >= 15 is 0 Å². The summed E-state index contributed by atoms with van der Waals surface area (Å²) in [5.74, 6) is -1.24. The fourth-order valence-electron chi connectivity index (χ4n) is 2.49. The number of carbonyl (C=O) groups excluding carboxylic acids is 2. The number of benzene rings is 2. The first-order chi connectivity index (χ1) is 10.1. The van der Waals surface area contributed by atoms with E-state index < -0.39 is 11.8 Å². The van der Waals surface area contributed by atoms with Crippen molar-refractivity contribution in [3.63, 3.8) is 0 Å². The van der Waals surface area contributed by atoms with Crippen LogP contribution in [0.3, 0.4) is 0 Å². The van der Waals surface area contributed by atoms with Crippen molar-refractivity contribution in [2.75, 3.05) is 0 Å². The third kappa shape index (κ3) is 2.62. The highest BCUT2D eigenvalue weighted by molar-refractivity contribution is 9.10. The van der Waals surface area contributed by atoms with Crippen molar-refractivity contribution in [1.29, 1.82) is 0 Å². The molecule has 0 fully saturated rings. The van der Waals surface area contributed by atoms with Crippen LogP contribution in [0.4, 0.5) is 0 Å².